The molecular formula is C15H20N2O6. The van der Waals surface area contributed by atoms with E-state index in [1.54, 1.807) is 0 Å². The van der Waals surface area contributed by atoms with E-state index in [2.05, 4.69) is 4.84 Å². The van der Waals surface area contributed by atoms with Crippen LogP contribution in [0.3, 0.4) is 0 Å². The molecule has 1 saturated heterocycles. The first kappa shape index (κ1) is 17.0. The van der Waals surface area contributed by atoms with Crippen molar-refractivity contribution < 1.29 is 24.6 Å². The van der Waals surface area contributed by atoms with E-state index in [-0.39, 0.29) is 24.9 Å². The Kier molecular flexibility index (Phi) is 6.16. The van der Waals surface area contributed by atoms with E-state index in [0.29, 0.717) is 18.1 Å². The van der Waals surface area contributed by atoms with Gasteiger partial charge in [0.25, 0.3) is 5.09 Å². The van der Waals surface area contributed by atoms with Crippen molar-refractivity contribution in [1.82, 2.24) is 4.90 Å². The van der Waals surface area contributed by atoms with Crippen LogP contribution in [-0.2, 0) is 9.63 Å². The van der Waals surface area contributed by atoms with E-state index in [9.17, 15) is 20.0 Å². The number of carbonyl (C=O) groups excluding carboxylic acids is 1. The number of hydrogen-bond acceptors (Lipinski definition) is 7. The molecule has 0 saturated carbocycles. The third kappa shape index (κ3) is 6.11. The average Bonchev–Trinajstić information content (AvgIpc) is 2.51. The topological polar surface area (TPSA) is 102 Å². The summed E-state index contributed by atoms with van der Waals surface area (Å²) in [6, 6.07) is 5.99. The molecule has 0 spiro atoms. The number of nitrogens with zero attached hydrogens (tertiary/aromatic N) is 2. The molecule has 8 nitrogen and oxygen atoms in total. The van der Waals surface area contributed by atoms with Crippen LogP contribution < -0.4 is 4.74 Å². The summed E-state index contributed by atoms with van der Waals surface area (Å²) >= 11 is 0. The van der Waals surface area contributed by atoms with Gasteiger partial charge in [-0.3, -0.25) is 9.69 Å². The van der Waals surface area contributed by atoms with Crippen LogP contribution in [0.25, 0.3) is 0 Å². The molecule has 0 atom stereocenters. The van der Waals surface area contributed by atoms with Crippen molar-refractivity contribution in [2.75, 3.05) is 26.2 Å². The zero-order valence-electron chi connectivity index (χ0n) is 12.7. The number of phenolic OH excluding ortho intramolecular Hbond substituents is 1. The lowest BCUT2D eigenvalue weighted by molar-refractivity contribution is -0.758. The molecule has 1 aromatic carbocycles. The molecule has 8 heteroatoms. The second-order valence-electron chi connectivity index (χ2n) is 5.53. The van der Waals surface area contributed by atoms with E-state index >= 15 is 0 Å². The van der Waals surface area contributed by atoms with Crippen LogP contribution in [0.5, 0.6) is 11.5 Å². The lowest BCUT2D eigenvalue weighted by atomic mass is 9.94. The second-order valence-corrected chi connectivity index (χ2v) is 5.53. The number of hydrogen-bond donors (Lipinski definition) is 1. The number of carbonyl (C=O) groups is 1. The van der Waals surface area contributed by atoms with Crippen LogP contribution in [0.15, 0.2) is 24.3 Å². The van der Waals surface area contributed by atoms with E-state index < -0.39 is 5.09 Å². The Morgan fingerprint density at radius 3 is 2.57 bits per heavy atom. The fraction of sp³-hybridized carbons (Fsp3) is 0.533. The number of piperidine rings is 1. The van der Waals surface area contributed by atoms with Gasteiger partial charge in [-0.2, -0.15) is 0 Å². The van der Waals surface area contributed by atoms with Gasteiger partial charge in [-0.25, -0.2) is 0 Å². The molecule has 0 aliphatic carbocycles. The fourth-order valence-corrected chi connectivity index (χ4v) is 2.59. The van der Waals surface area contributed by atoms with Gasteiger partial charge in [-0.15, -0.1) is 10.1 Å². The Morgan fingerprint density at radius 1 is 1.30 bits per heavy atom. The minimum atomic E-state index is -0.769. The molecule has 1 aromatic rings. The third-order valence-electron chi connectivity index (χ3n) is 3.85. The van der Waals surface area contributed by atoms with Gasteiger partial charge in [-0.05, 0) is 62.5 Å². The molecule has 0 unspecified atom stereocenters. The molecule has 1 N–H and O–H groups in total. The summed E-state index contributed by atoms with van der Waals surface area (Å²) < 4.78 is 5.20. The molecule has 2 rings (SSSR count). The van der Waals surface area contributed by atoms with Crippen molar-refractivity contribution in [3.8, 4) is 11.5 Å². The Hall–Kier alpha value is -2.35. The number of phenols is 1. The van der Waals surface area contributed by atoms with E-state index in [1.165, 1.54) is 24.3 Å². The third-order valence-corrected chi connectivity index (χ3v) is 3.85. The molecule has 0 radical (unpaired) electrons. The molecule has 1 aliphatic heterocycles. The molecule has 126 valence electrons. The van der Waals surface area contributed by atoms with Gasteiger partial charge < -0.3 is 14.7 Å². The smallest absolute Gasteiger partial charge is 0.325 e. The van der Waals surface area contributed by atoms with Gasteiger partial charge in [0.1, 0.15) is 11.5 Å². The van der Waals surface area contributed by atoms with Gasteiger partial charge in [0.2, 0.25) is 0 Å². The molecule has 1 aliphatic rings. The summed E-state index contributed by atoms with van der Waals surface area (Å²) in [5, 5.41) is 18.5. The Balaban J connectivity index is 1.66. The van der Waals surface area contributed by atoms with Crippen LogP contribution >= 0.6 is 0 Å². The van der Waals surface area contributed by atoms with Crippen molar-refractivity contribution in [3.63, 3.8) is 0 Å². The Labute approximate surface area is 133 Å². The summed E-state index contributed by atoms with van der Waals surface area (Å²) in [5.74, 6) is 0.567. The number of benzene rings is 1. The lowest BCUT2D eigenvalue weighted by Gasteiger charge is -2.30. The van der Waals surface area contributed by atoms with Crippen LogP contribution in [0.1, 0.15) is 19.3 Å². The van der Waals surface area contributed by atoms with Gasteiger partial charge in [0, 0.05) is 0 Å². The normalized spacial score (nSPS) is 16.0. The second kappa shape index (κ2) is 8.33. The van der Waals surface area contributed by atoms with E-state index in [4.69, 9.17) is 4.74 Å². The summed E-state index contributed by atoms with van der Waals surface area (Å²) in [6.07, 6.45) is 2.42. The highest BCUT2D eigenvalue weighted by molar-refractivity contribution is 5.74. The van der Waals surface area contributed by atoms with Crippen LogP contribution in [0, 0.1) is 16.0 Å². The molecular weight excluding hydrogens is 304 g/mol. The van der Waals surface area contributed by atoms with Gasteiger partial charge in [0.05, 0.1) is 13.2 Å². The molecule has 1 fully saturated rings. The molecule has 23 heavy (non-hydrogen) atoms. The van der Waals surface area contributed by atoms with Crippen molar-refractivity contribution in [2.45, 2.75) is 19.3 Å². The minimum Gasteiger partial charge on any atom is -0.508 e. The number of ether oxygens (including phenoxy) is 1. The van der Waals surface area contributed by atoms with Crippen LogP contribution in [0.4, 0.5) is 0 Å². The first-order chi connectivity index (χ1) is 11.0. The molecule has 0 aromatic heterocycles. The van der Waals surface area contributed by atoms with E-state index in [1.807, 2.05) is 4.90 Å². The van der Waals surface area contributed by atoms with Gasteiger partial charge >= 0.3 is 5.97 Å². The molecule has 1 heterocycles. The monoisotopic (exact) mass is 324 g/mol. The predicted octanol–water partition coefficient (Wildman–Crippen LogP) is 1.61. The SMILES string of the molecule is O=C(CN1CCC(CCO[N+](=O)[O-])CC1)Oc1ccc(O)cc1. The largest absolute Gasteiger partial charge is 0.508 e. The molecule has 0 amide bonds. The van der Waals surface area contributed by atoms with Gasteiger partial charge in [0.15, 0.2) is 0 Å². The fourth-order valence-electron chi connectivity index (χ4n) is 2.59. The number of esters is 1. The minimum absolute atomic E-state index is 0.118. The van der Waals surface area contributed by atoms with Crippen molar-refractivity contribution in [2.24, 2.45) is 5.92 Å². The maximum atomic E-state index is 11.9. The average molecular weight is 324 g/mol. The highest BCUT2D eigenvalue weighted by Crippen LogP contribution is 2.21. The maximum absolute atomic E-state index is 11.9. The Bertz CT molecular complexity index is 525. The highest BCUT2D eigenvalue weighted by Gasteiger charge is 2.21. The van der Waals surface area contributed by atoms with Crippen molar-refractivity contribution in [1.29, 1.82) is 0 Å². The first-order valence-electron chi connectivity index (χ1n) is 7.52. The quantitative estimate of drug-likeness (QED) is 0.352. The zero-order chi connectivity index (χ0) is 16.7. The van der Waals surface area contributed by atoms with E-state index in [0.717, 1.165) is 25.9 Å². The standard InChI is InChI=1S/C15H20N2O6/c18-13-1-3-14(4-2-13)23-15(19)11-16-8-5-12(6-9-16)7-10-22-17(20)21/h1-4,12,18H,5-11H2. The summed E-state index contributed by atoms with van der Waals surface area (Å²) in [6.45, 7) is 1.85. The predicted molar refractivity (Wildman–Crippen MR) is 80.5 cm³/mol. The zero-order valence-corrected chi connectivity index (χ0v) is 12.7. The molecule has 0 bridgehead atoms. The summed E-state index contributed by atoms with van der Waals surface area (Å²) in [5.41, 5.74) is 0. The van der Waals surface area contributed by atoms with Crippen LogP contribution in [0.2, 0.25) is 0 Å². The van der Waals surface area contributed by atoms with Gasteiger partial charge in [-0.1, -0.05) is 0 Å². The lowest BCUT2D eigenvalue weighted by Crippen LogP contribution is -2.38. The van der Waals surface area contributed by atoms with Crippen LogP contribution in [-0.4, -0.2) is 47.3 Å². The van der Waals surface area contributed by atoms with Crippen molar-refractivity contribution in [3.05, 3.63) is 34.4 Å². The number of aromatic hydroxyl groups is 1. The highest BCUT2D eigenvalue weighted by atomic mass is 16.9. The van der Waals surface area contributed by atoms with Crippen molar-refractivity contribution >= 4 is 5.97 Å². The summed E-state index contributed by atoms with van der Waals surface area (Å²) in [7, 11) is 0. The first-order valence-corrected chi connectivity index (χ1v) is 7.52. The Morgan fingerprint density at radius 2 is 1.96 bits per heavy atom. The summed E-state index contributed by atoms with van der Waals surface area (Å²) in [4.78, 5) is 28.3. The number of likely N-dealkylation sites (tertiary alicyclic amines) is 1. The maximum Gasteiger partial charge on any atom is 0.325 e. The number of rotatable bonds is 7.